The molecule has 0 N–H and O–H groups in total. The van der Waals surface area contributed by atoms with Gasteiger partial charge in [0.1, 0.15) is 5.75 Å². The van der Waals surface area contributed by atoms with Crippen LogP contribution in [-0.2, 0) is 4.79 Å². The Morgan fingerprint density at radius 3 is 2.87 bits per heavy atom. The van der Waals surface area contributed by atoms with Gasteiger partial charge in [-0.3, -0.25) is 4.79 Å². The minimum absolute atomic E-state index is 0.00897. The van der Waals surface area contributed by atoms with Gasteiger partial charge in [0.05, 0.1) is 5.92 Å². The van der Waals surface area contributed by atoms with Crippen LogP contribution >= 0.6 is 0 Å². The van der Waals surface area contributed by atoms with Gasteiger partial charge in [0.15, 0.2) is 18.1 Å². The molecule has 1 unspecified atom stereocenters. The lowest BCUT2D eigenvalue weighted by Gasteiger charge is -2.31. The molecule has 0 bridgehead atoms. The first-order valence-corrected chi connectivity index (χ1v) is 9.95. The monoisotopic (exact) mass is 407 g/mol. The highest BCUT2D eigenvalue weighted by molar-refractivity contribution is 5.78. The normalized spacial score (nSPS) is 17.7. The van der Waals surface area contributed by atoms with Crippen molar-refractivity contribution in [2.75, 3.05) is 26.5 Å². The van der Waals surface area contributed by atoms with E-state index in [1.165, 1.54) is 0 Å². The highest BCUT2D eigenvalue weighted by Gasteiger charge is 2.29. The third kappa shape index (κ3) is 3.80. The number of hydrogen-bond acceptors (Lipinski definition) is 7. The second-order valence-corrected chi connectivity index (χ2v) is 7.29. The lowest BCUT2D eigenvalue weighted by Crippen LogP contribution is -2.41. The zero-order valence-corrected chi connectivity index (χ0v) is 16.3. The van der Waals surface area contributed by atoms with Gasteiger partial charge in [-0.2, -0.15) is 0 Å². The molecule has 3 heterocycles. The van der Waals surface area contributed by atoms with Crippen LogP contribution in [0.2, 0.25) is 0 Å². The fourth-order valence-electron chi connectivity index (χ4n) is 3.70. The molecule has 154 valence electrons. The van der Waals surface area contributed by atoms with Crippen LogP contribution in [0.5, 0.6) is 17.2 Å². The summed E-state index contributed by atoms with van der Waals surface area (Å²) in [6, 6.07) is 14.9. The standard InChI is InChI=1S/C22H21N3O5/c26-20(13-27-17-6-2-1-3-7-17)25-10-4-5-16(12-25)22-24-23-21(30-22)15-8-9-18-19(11-15)29-14-28-18/h1-3,6-9,11,16H,4-5,10,12-14H2. The molecule has 30 heavy (non-hydrogen) atoms. The Hall–Kier alpha value is -3.55. The lowest BCUT2D eigenvalue weighted by atomic mass is 9.98. The molecule has 0 aliphatic carbocycles. The van der Waals surface area contributed by atoms with Crippen molar-refractivity contribution in [2.45, 2.75) is 18.8 Å². The Morgan fingerprint density at radius 2 is 1.97 bits per heavy atom. The zero-order valence-electron chi connectivity index (χ0n) is 16.3. The number of carbonyl (C=O) groups excluding carboxylic acids is 1. The third-order valence-corrected chi connectivity index (χ3v) is 5.29. The molecule has 2 aliphatic heterocycles. The fourth-order valence-corrected chi connectivity index (χ4v) is 3.70. The Kier molecular flexibility index (Phi) is 4.96. The van der Waals surface area contributed by atoms with Crippen molar-refractivity contribution in [2.24, 2.45) is 0 Å². The first-order valence-electron chi connectivity index (χ1n) is 9.95. The minimum Gasteiger partial charge on any atom is -0.484 e. The summed E-state index contributed by atoms with van der Waals surface area (Å²) in [4.78, 5) is 14.4. The number of piperidine rings is 1. The summed E-state index contributed by atoms with van der Waals surface area (Å²) in [5.74, 6) is 3.00. The number of carbonyl (C=O) groups is 1. The number of nitrogens with zero attached hydrogens (tertiary/aromatic N) is 3. The van der Waals surface area contributed by atoms with E-state index in [-0.39, 0.29) is 25.2 Å². The van der Waals surface area contributed by atoms with E-state index >= 15 is 0 Å². The number of fused-ring (bicyclic) bond motifs is 1. The predicted octanol–water partition coefficient (Wildman–Crippen LogP) is 3.25. The van der Waals surface area contributed by atoms with Gasteiger partial charge in [0.2, 0.25) is 18.6 Å². The summed E-state index contributed by atoms with van der Waals surface area (Å²) < 4.78 is 22.3. The average molecular weight is 407 g/mol. The van der Waals surface area contributed by atoms with Gasteiger partial charge in [0, 0.05) is 18.7 Å². The smallest absolute Gasteiger partial charge is 0.260 e. The van der Waals surface area contributed by atoms with Crippen molar-refractivity contribution in [3.8, 4) is 28.7 Å². The van der Waals surface area contributed by atoms with Crippen LogP contribution in [-0.4, -0.2) is 47.5 Å². The maximum absolute atomic E-state index is 12.6. The van der Waals surface area contributed by atoms with Crippen molar-refractivity contribution in [1.29, 1.82) is 0 Å². The molecule has 1 fully saturated rings. The summed E-state index contributed by atoms with van der Waals surface area (Å²) in [6.45, 7) is 1.48. The number of hydrogen-bond donors (Lipinski definition) is 0. The lowest BCUT2D eigenvalue weighted by molar-refractivity contribution is -0.134. The van der Waals surface area contributed by atoms with Crippen LogP contribution in [0.4, 0.5) is 0 Å². The maximum atomic E-state index is 12.6. The van der Waals surface area contributed by atoms with Gasteiger partial charge in [0.25, 0.3) is 5.91 Å². The number of likely N-dealkylation sites (tertiary alicyclic amines) is 1. The molecule has 0 radical (unpaired) electrons. The number of benzene rings is 2. The highest BCUT2D eigenvalue weighted by atomic mass is 16.7. The van der Waals surface area contributed by atoms with Gasteiger partial charge >= 0.3 is 0 Å². The SMILES string of the molecule is O=C(COc1ccccc1)N1CCCC(c2nnc(-c3ccc4c(c3)OCO4)o2)C1. The van der Waals surface area contributed by atoms with E-state index < -0.39 is 0 Å². The molecule has 8 nitrogen and oxygen atoms in total. The molecule has 2 aliphatic rings. The molecule has 0 spiro atoms. The first-order chi connectivity index (χ1) is 14.8. The number of aromatic nitrogens is 2. The van der Waals surface area contributed by atoms with Gasteiger partial charge in [-0.1, -0.05) is 18.2 Å². The first kappa shape index (κ1) is 18.5. The van der Waals surface area contributed by atoms with Crippen molar-refractivity contribution in [3.05, 3.63) is 54.4 Å². The average Bonchev–Trinajstić information content (AvgIpc) is 3.47. The van der Waals surface area contributed by atoms with Crippen molar-refractivity contribution in [1.82, 2.24) is 15.1 Å². The van der Waals surface area contributed by atoms with Crippen LogP contribution in [0.15, 0.2) is 52.9 Å². The second kappa shape index (κ2) is 8.06. The van der Waals surface area contributed by atoms with Crippen LogP contribution < -0.4 is 14.2 Å². The van der Waals surface area contributed by atoms with Gasteiger partial charge in [-0.05, 0) is 43.2 Å². The summed E-state index contributed by atoms with van der Waals surface area (Å²) >= 11 is 0. The van der Waals surface area contributed by atoms with Crippen molar-refractivity contribution < 1.29 is 23.4 Å². The Labute approximate surface area is 173 Å². The molecule has 0 saturated carbocycles. The van der Waals surface area contributed by atoms with Crippen LogP contribution in [0.3, 0.4) is 0 Å². The fraction of sp³-hybridized carbons (Fsp3) is 0.318. The van der Waals surface area contributed by atoms with E-state index in [2.05, 4.69) is 10.2 Å². The van der Waals surface area contributed by atoms with Crippen LogP contribution in [0.1, 0.15) is 24.7 Å². The molecule has 1 aromatic heterocycles. The van der Waals surface area contributed by atoms with Gasteiger partial charge in [-0.25, -0.2) is 0 Å². The highest BCUT2D eigenvalue weighted by Crippen LogP contribution is 2.36. The van der Waals surface area contributed by atoms with E-state index in [0.29, 0.717) is 42.1 Å². The molecule has 1 atom stereocenters. The molecule has 8 heteroatoms. The van der Waals surface area contributed by atoms with E-state index in [0.717, 1.165) is 18.4 Å². The Balaban J connectivity index is 1.23. The number of ether oxygens (including phenoxy) is 3. The number of rotatable bonds is 5. The molecule has 3 aromatic rings. The quantitative estimate of drug-likeness (QED) is 0.642. The van der Waals surface area contributed by atoms with Crippen molar-refractivity contribution >= 4 is 5.91 Å². The van der Waals surface area contributed by atoms with E-state index in [1.54, 1.807) is 0 Å². The van der Waals surface area contributed by atoms with Crippen molar-refractivity contribution in [3.63, 3.8) is 0 Å². The second-order valence-electron chi connectivity index (χ2n) is 7.29. The molecule has 1 saturated heterocycles. The zero-order chi connectivity index (χ0) is 20.3. The van der Waals surface area contributed by atoms with Gasteiger partial charge in [-0.15, -0.1) is 10.2 Å². The van der Waals surface area contributed by atoms with E-state index in [9.17, 15) is 4.79 Å². The summed E-state index contributed by atoms with van der Waals surface area (Å²) in [6.07, 6.45) is 1.77. The largest absolute Gasteiger partial charge is 0.484 e. The maximum Gasteiger partial charge on any atom is 0.260 e. The number of amides is 1. The molecular formula is C22H21N3O5. The Bertz CT molecular complexity index is 1040. The van der Waals surface area contributed by atoms with Gasteiger partial charge < -0.3 is 23.5 Å². The summed E-state index contributed by atoms with van der Waals surface area (Å²) in [7, 11) is 0. The molecular weight excluding hydrogens is 386 g/mol. The minimum atomic E-state index is -0.0425. The Morgan fingerprint density at radius 1 is 1.10 bits per heavy atom. The van der Waals surface area contributed by atoms with E-state index in [4.69, 9.17) is 18.6 Å². The molecule has 5 rings (SSSR count). The third-order valence-electron chi connectivity index (χ3n) is 5.29. The topological polar surface area (TPSA) is 86.9 Å². The summed E-state index contributed by atoms with van der Waals surface area (Å²) in [5.41, 5.74) is 0.776. The van der Waals surface area contributed by atoms with Crippen LogP contribution in [0, 0.1) is 0 Å². The number of para-hydroxylation sites is 1. The summed E-state index contributed by atoms with van der Waals surface area (Å²) in [5, 5.41) is 8.43. The van der Waals surface area contributed by atoms with Crippen LogP contribution in [0.25, 0.3) is 11.5 Å². The predicted molar refractivity (Wildman–Crippen MR) is 106 cm³/mol. The molecule has 1 amide bonds. The molecule has 2 aromatic carbocycles. The van der Waals surface area contributed by atoms with E-state index in [1.807, 2.05) is 53.4 Å².